The summed E-state index contributed by atoms with van der Waals surface area (Å²) >= 11 is 11.9. The molecule has 24 heavy (non-hydrogen) atoms. The van der Waals surface area contributed by atoms with Gasteiger partial charge >= 0.3 is 0 Å². The lowest BCUT2D eigenvalue weighted by molar-refractivity contribution is -0.124. The molecule has 1 heterocycles. The monoisotopic (exact) mass is 386 g/mol. The second-order valence-corrected chi connectivity index (χ2v) is 7.76. The van der Waals surface area contributed by atoms with Crippen LogP contribution in [0, 0.1) is 0 Å². The Morgan fingerprint density at radius 1 is 1.21 bits per heavy atom. The number of carbonyl (C=O) groups excluding carboxylic acids is 1. The minimum atomic E-state index is -4.07. The number of anilines is 1. The summed E-state index contributed by atoms with van der Waals surface area (Å²) in [4.78, 5) is 11.4. The molecule has 0 aromatic heterocycles. The number of ether oxygens (including phenoxy) is 1. The number of primary amides is 1. The zero-order valence-corrected chi connectivity index (χ0v) is 14.5. The van der Waals surface area contributed by atoms with Crippen LogP contribution in [0.25, 0.3) is 0 Å². The summed E-state index contributed by atoms with van der Waals surface area (Å²) in [5, 5.41) is 0.255. The molecule has 1 aliphatic rings. The van der Waals surface area contributed by atoms with E-state index < -0.39 is 22.0 Å². The van der Waals surface area contributed by atoms with Crippen LogP contribution in [0.2, 0.25) is 10.0 Å². The number of hydrogen-bond donors (Lipinski definition) is 1. The summed E-state index contributed by atoms with van der Waals surface area (Å²) in [6, 6.07) is 10.6. The number of benzene rings is 2. The van der Waals surface area contributed by atoms with Crippen molar-refractivity contribution < 1.29 is 17.9 Å². The molecule has 6 nitrogen and oxygen atoms in total. The van der Waals surface area contributed by atoms with E-state index in [1.807, 2.05) is 0 Å². The van der Waals surface area contributed by atoms with Crippen LogP contribution in [-0.2, 0) is 14.8 Å². The molecule has 0 radical (unpaired) electrons. The molecule has 2 aromatic rings. The summed E-state index contributed by atoms with van der Waals surface area (Å²) in [6.07, 6.45) is -1.10. The van der Waals surface area contributed by atoms with Gasteiger partial charge in [-0.05, 0) is 30.3 Å². The number of nitrogens with two attached hydrogens (primary N) is 1. The van der Waals surface area contributed by atoms with Crippen molar-refractivity contribution in [3.8, 4) is 5.75 Å². The van der Waals surface area contributed by atoms with Crippen LogP contribution in [0.4, 0.5) is 5.69 Å². The van der Waals surface area contributed by atoms with Crippen molar-refractivity contribution in [1.29, 1.82) is 0 Å². The third-order valence-electron chi connectivity index (χ3n) is 3.51. The zero-order chi connectivity index (χ0) is 17.5. The Balaban J connectivity index is 2.16. The molecule has 0 fully saturated rings. The topological polar surface area (TPSA) is 89.7 Å². The second kappa shape index (κ2) is 6.16. The van der Waals surface area contributed by atoms with Gasteiger partial charge in [0, 0.05) is 5.02 Å². The van der Waals surface area contributed by atoms with Crippen molar-refractivity contribution in [2.45, 2.75) is 11.0 Å². The average Bonchev–Trinajstić information content (AvgIpc) is 2.55. The third kappa shape index (κ3) is 2.90. The highest BCUT2D eigenvalue weighted by Crippen LogP contribution is 2.38. The first-order valence-corrected chi connectivity index (χ1v) is 9.03. The summed E-state index contributed by atoms with van der Waals surface area (Å²) in [6.45, 7) is -0.252. The number of hydrogen-bond acceptors (Lipinski definition) is 4. The SMILES string of the molecule is NC(=O)[C@H]1CN(S(=O)(=O)c2cc(Cl)ccc2Cl)c2ccccc2O1. The molecule has 1 amide bonds. The van der Waals surface area contributed by atoms with Crippen molar-refractivity contribution in [2.24, 2.45) is 5.73 Å². The first-order chi connectivity index (χ1) is 11.3. The van der Waals surface area contributed by atoms with E-state index in [0.717, 1.165) is 4.31 Å². The lowest BCUT2D eigenvalue weighted by Gasteiger charge is -2.34. The van der Waals surface area contributed by atoms with E-state index in [1.54, 1.807) is 24.3 Å². The molecule has 0 unspecified atom stereocenters. The highest BCUT2D eigenvalue weighted by atomic mass is 35.5. The molecule has 2 aromatic carbocycles. The fourth-order valence-electron chi connectivity index (χ4n) is 2.37. The standard InChI is InChI=1S/C15H12Cl2N2O4S/c16-9-5-6-10(17)14(7-9)24(21,22)19-8-13(15(18)20)23-12-4-2-1-3-11(12)19/h1-7,13H,8H2,(H2,18,20)/t13-/m1/s1. The Morgan fingerprint density at radius 2 is 1.92 bits per heavy atom. The maximum absolute atomic E-state index is 13.1. The van der Waals surface area contributed by atoms with E-state index in [2.05, 4.69) is 0 Å². The first-order valence-electron chi connectivity index (χ1n) is 6.83. The van der Waals surface area contributed by atoms with Gasteiger partial charge in [-0.2, -0.15) is 0 Å². The molecule has 3 rings (SSSR count). The molecular weight excluding hydrogens is 375 g/mol. The number of para-hydroxylation sites is 2. The average molecular weight is 387 g/mol. The van der Waals surface area contributed by atoms with Gasteiger partial charge in [0.1, 0.15) is 10.6 Å². The molecule has 0 bridgehead atoms. The minimum absolute atomic E-state index is 0.0268. The highest BCUT2D eigenvalue weighted by Gasteiger charge is 2.37. The molecule has 1 aliphatic heterocycles. The molecule has 2 N–H and O–H groups in total. The maximum Gasteiger partial charge on any atom is 0.266 e. The van der Waals surface area contributed by atoms with E-state index >= 15 is 0 Å². The molecule has 126 valence electrons. The van der Waals surface area contributed by atoms with Crippen LogP contribution in [0.5, 0.6) is 5.75 Å². The Hall–Kier alpha value is -1.96. The molecule has 9 heteroatoms. The lowest BCUT2D eigenvalue weighted by atomic mass is 10.2. The van der Waals surface area contributed by atoms with E-state index in [0.29, 0.717) is 5.69 Å². The van der Waals surface area contributed by atoms with Crippen molar-refractivity contribution >= 4 is 44.8 Å². The number of fused-ring (bicyclic) bond motifs is 1. The predicted molar refractivity (Wildman–Crippen MR) is 91.0 cm³/mol. The van der Waals surface area contributed by atoms with Gasteiger partial charge in [0.2, 0.25) is 0 Å². The van der Waals surface area contributed by atoms with Gasteiger partial charge in [-0.15, -0.1) is 0 Å². The van der Waals surface area contributed by atoms with E-state index in [1.165, 1.54) is 18.2 Å². The Morgan fingerprint density at radius 3 is 2.62 bits per heavy atom. The number of halogens is 2. The summed E-state index contributed by atoms with van der Waals surface area (Å²) in [5.41, 5.74) is 5.59. The molecule has 1 atom stereocenters. The number of amides is 1. The van der Waals surface area contributed by atoms with Crippen LogP contribution in [0.3, 0.4) is 0 Å². The van der Waals surface area contributed by atoms with E-state index in [-0.39, 0.29) is 27.2 Å². The van der Waals surface area contributed by atoms with Crippen LogP contribution >= 0.6 is 23.2 Å². The summed E-state index contributed by atoms with van der Waals surface area (Å²) < 4.78 is 32.7. The minimum Gasteiger partial charge on any atom is -0.476 e. The number of carbonyl (C=O) groups is 1. The first kappa shape index (κ1) is 16.9. The van der Waals surface area contributed by atoms with Gasteiger partial charge in [-0.25, -0.2) is 8.42 Å². The van der Waals surface area contributed by atoms with Crippen LogP contribution < -0.4 is 14.8 Å². The van der Waals surface area contributed by atoms with E-state index in [9.17, 15) is 13.2 Å². The third-order valence-corrected chi connectivity index (χ3v) is 6.01. The van der Waals surface area contributed by atoms with Crippen molar-refractivity contribution in [3.05, 3.63) is 52.5 Å². The fourth-order valence-corrected chi connectivity index (χ4v) is 4.59. The molecule has 0 saturated carbocycles. The second-order valence-electron chi connectivity index (χ2n) is 5.09. The van der Waals surface area contributed by atoms with Gasteiger partial charge in [0.15, 0.2) is 6.10 Å². The summed E-state index contributed by atoms with van der Waals surface area (Å²) in [5.74, 6) is -0.517. The molecular formula is C15H12Cl2N2O4S. The van der Waals surface area contributed by atoms with Crippen LogP contribution in [0.15, 0.2) is 47.4 Å². The van der Waals surface area contributed by atoms with Gasteiger partial charge in [-0.3, -0.25) is 9.10 Å². The summed E-state index contributed by atoms with van der Waals surface area (Å²) in [7, 11) is -4.07. The lowest BCUT2D eigenvalue weighted by Crippen LogP contribution is -2.49. The van der Waals surface area contributed by atoms with Crippen LogP contribution in [-0.4, -0.2) is 27.0 Å². The predicted octanol–water partition coefficient (Wildman–Crippen LogP) is 2.44. The Bertz CT molecular complexity index is 917. The van der Waals surface area contributed by atoms with Gasteiger partial charge < -0.3 is 10.5 Å². The highest BCUT2D eigenvalue weighted by molar-refractivity contribution is 7.93. The Kier molecular flexibility index (Phi) is 4.33. The number of rotatable bonds is 3. The Labute approximate surface area is 148 Å². The zero-order valence-electron chi connectivity index (χ0n) is 12.1. The van der Waals surface area contributed by atoms with Gasteiger partial charge in [-0.1, -0.05) is 35.3 Å². The van der Waals surface area contributed by atoms with Crippen molar-refractivity contribution in [1.82, 2.24) is 0 Å². The van der Waals surface area contributed by atoms with Crippen molar-refractivity contribution in [3.63, 3.8) is 0 Å². The quantitative estimate of drug-likeness (QED) is 0.876. The van der Waals surface area contributed by atoms with Gasteiger partial charge in [0.05, 0.1) is 17.3 Å². The maximum atomic E-state index is 13.1. The van der Waals surface area contributed by atoms with E-state index in [4.69, 9.17) is 33.7 Å². The van der Waals surface area contributed by atoms with Gasteiger partial charge in [0.25, 0.3) is 15.9 Å². The molecule has 0 spiro atoms. The van der Waals surface area contributed by atoms with Crippen molar-refractivity contribution in [2.75, 3.05) is 10.8 Å². The number of nitrogens with zero attached hydrogens (tertiary/aromatic N) is 1. The molecule has 0 aliphatic carbocycles. The smallest absolute Gasteiger partial charge is 0.266 e. The van der Waals surface area contributed by atoms with Crippen LogP contribution in [0.1, 0.15) is 0 Å². The number of sulfonamides is 1. The fraction of sp³-hybridized carbons (Fsp3) is 0.133. The molecule has 0 saturated heterocycles. The normalized spacial score (nSPS) is 17.1. The largest absolute Gasteiger partial charge is 0.476 e.